The van der Waals surface area contributed by atoms with Crippen molar-refractivity contribution in [1.29, 1.82) is 0 Å². The van der Waals surface area contributed by atoms with Crippen molar-refractivity contribution in [3.05, 3.63) is 68.9 Å². The van der Waals surface area contributed by atoms with Crippen LogP contribution in [-0.2, 0) is 17.8 Å². The lowest BCUT2D eigenvalue weighted by atomic mass is 9.94. The molecule has 0 saturated heterocycles. The Kier molecular flexibility index (Phi) is 5.54. The van der Waals surface area contributed by atoms with Crippen molar-refractivity contribution in [2.45, 2.75) is 32.2 Å². The van der Waals surface area contributed by atoms with Crippen molar-refractivity contribution in [3.63, 3.8) is 0 Å². The van der Waals surface area contributed by atoms with E-state index in [0.717, 1.165) is 29.0 Å². The Labute approximate surface area is 172 Å². The summed E-state index contributed by atoms with van der Waals surface area (Å²) in [5.74, 6) is -0.0968. The summed E-state index contributed by atoms with van der Waals surface area (Å²) in [6, 6.07) is 11.8. The molecule has 5 nitrogen and oxygen atoms in total. The maximum Gasteiger partial charge on any atom is 0.258 e. The fourth-order valence-corrected chi connectivity index (χ4v) is 5.11. The summed E-state index contributed by atoms with van der Waals surface area (Å²) in [6.45, 7) is 3.27. The zero-order valence-corrected chi connectivity index (χ0v) is 17.2. The number of anilines is 1. The smallest absolute Gasteiger partial charge is 0.258 e. The first-order chi connectivity index (χ1) is 13.7. The number of carbonyl (C=O) groups excluding carboxylic acids is 2. The van der Waals surface area contributed by atoms with Crippen LogP contribution in [0.15, 0.2) is 47.2 Å². The van der Waals surface area contributed by atoms with Gasteiger partial charge in [-0.25, -0.2) is 4.98 Å². The maximum atomic E-state index is 13.1. The number of benzene rings is 1. The predicted octanol–water partition coefficient (Wildman–Crippen LogP) is 4.54. The van der Waals surface area contributed by atoms with Crippen molar-refractivity contribution >= 4 is 39.6 Å². The van der Waals surface area contributed by atoms with Crippen LogP contribution in [0.1, 0.15) is 45.8 Å². The van der Waals surface area contributed by atoms with Crippen LogP contribution in [0.25, 0.3) is 0 Å². The number of hydrogen-bond donors (Lipinski definition) is 1. The highest BCUT2D eigenvalue weighted by Gasteiger charge is 2.29. The number of hydrogen-bond acceptors (Lipinski definition) is 5. The maximum absolute atomic E-state index is 13.1. The monoisotopic (exact) mass is 411 g/mol. The summed E-state index contributed by atoms with van der Waals surface area (Å²) in [4.78, 5) is 32.9. The molecule has 0 bridgehead atoms. The van der Waals surface area contributed by atoms with Crippen LogP contribution in [0, 0.1) is 0 Å². The van der Waals surface area contributed by atoms with Crippen LogP contribution in [0.4, 0.5) is 5.13 Å². The van der Waals surface area contributed by atoms with Gasteiger partial charge in [0, 0.05) is 23.2 Å². The van der Waals surface area contributed by atoms with Gasteiger partial charge in [0.1, 0.15) is 0 Å². The molecule has 144 valence electrons. The van der Waals surface area contributed by atoms with Crippen molar-refractivity contribution in [1.82, 2.24) is 9.88 Å². The molecule has 3 aromatic rings. The third kappa shape index (κ3) is 3.86. The van der Waals surface area contributed by atoms with E-state index >= 15 is 0 Å². The minimum absolute atomic E-state index is 0.117. The predicted molar refractivity (Wildman–Crippen MR) is 113 cm³/mol. The molecule has 2 amide bonds. The fraction of sp³-hybridized carbons (Fsp3) is 0.286. The van der Waals surface area contributed by atoms with E-state index in [1.54, 1.807) is 6.07 Å². The first-order valence-corrected chi connectivity index (χ1v) is 11.1. The summed E-state index contributed by atoms with van der Waals surface area (Å²) in [6.07, 6.45) is 1.49. The van der Waals surface area contributed by atoms with Crippen LogP contribution in [-0.4, -0.2) is 28.2 Å². The number of nitrogens with zero attached hydrogens (tertiary/aromatic N) is 2. The number of fused-ring (bicyclic) bond motifs is 1. The molecule has 0 radical (unpaired) electrons. The quantitative estimate of drug-likeness (QED) is 0.671. The Morgan fingerprint density at radius 3 is 2.79 bits per heavy atom. The molecule has 28 heavy (non-hydrogen) atoms. The van der Waals surface area contributed by atoms with E-state index in [-0.39, 0.29) is 17.7 Å². The van der Waals surface area contributed by atoms with E-state index in [2.05, 4.69) is 17.2 Å². The molecule has 4 rings (SSSR count). The summed E-state index contributed by atoms with van der Waals surface area (Å²) in [7, 11) is 0. The van der Waals surface area contributed by atoms with Crippen LogP contribution < -0.4 is 5.32 Å². The highest BCUT2D eigenvalue weighted by atomic mass is 32.1. The first-order valence-electron chi connectivity index (χ1n) is 9.31. The Morgan fingerprint density at radius 1 is 1.25 bits per heavy atom. The average molecular weight is 412 g/mol. The molecule has 1 atom stereocenters. The Hall–Kier alpha value is -2.51. The van der Waals surface area contributed by atoms with Gasteiger partial charge in [0.25, 0.3) is 5.91 Å². The molecular formula is C21H21N3O2S2. The van der Waals surface area contributed by atoms with Crippen LogP contribution in [0.5, 0.6) is 0 Å². The normalized spacial score (nSPS) is 14.4. The third-order valence-corrected chi connectivity index (χ3v) is 6.64. The summed E-state index contributed by atoms with van der Waals surface area (Å²) >= 11 is 2.95. The van der Waals surface area contributed by atoms with Gasteiger partial charge < -0.3 is 4.90 Å². The second kappa shape index (κ2) is 8.24. The topological polar surface area (TPSA) is 62.3 Å². The molecule has 2 aromatic heterocycles. The minimum Gasteiger partial charge on any atom is -0.337 e. The van der Waals surface area contributed by atoms with E-state index in [9.17, 15) is 9.59 Å². The Morgan fingerprint density at radius 2 is 2.07 bits per heavy atom. The van der Waals surface area contributed by atoms with Gasteiger partial charge in [0.2, 0.25) is 5.91 Å². The van der Waals surface area contributed by atoms with Gasteiger partial charge in [-0.1, -0.05) is 48.6 Å². The second-order valence-electron chi connectivity index (χ2n) is 6.74. The largest absolute Gasteiger partial charge is 0.337 e. The molecule has 7 heteroatoms. The fourth-order valence-electron chi connectivity index (χ4n) is 3.46. The molecule has 0 fully saturated rings. The number of aromatic nitrogens is 1. The highest BCUT2D eigenvalue weighted by Crippen LogP contribution is 2.31. The molecular weight excluding hydrogens is 390 g/mol. The molecule has 0 aliphatic carbocycles. The molecule has 0 unspecified atom stereocenters. The van der Waals surface area contributed by atoms with Crippen molar-refractivity contribution in [2.24, 2.45) is 0 Å². The van der Waals surface area contributed by atoms with Crippen molar-refractivity contribution < 1.29 is 9.59 Å². The number of amides is 2. The zero-order valence-electron chi connectivity index (χ0n) is 15.6. The van der Waals surface area contributed by atoms with Gasteiger partial charge >= 0.3 is 0 Å². The lowest BCUT2D eigenvalue weighted by molar-refractivity contribution is -0.133. The van der Waals surface area contributed by atoms with Crippen LogP contribution in [0.3, 0.4) is 0 Å². The number of carbonyl (C=O) groups is 2. The first kappa shape index (κ1) is 18.8. The van der Waals surface area contributed by atoms with Gasteiger partial charge in [-0.3, -0.25) is 14.9 Å². The van der Waals surface area contributed by atoms with E-state index < -0.39 is 0 Å². The van der Waals surface area contributed by atoms with Crippen LogP contribution in [0.2, 0.25) is 0 Å². The Balaban J connectivity index is 1.46. The van der Waals surface area contributed by atoms with E-state index in [4.69, 9.17) is 0 Å². The lowest BCUT2D eigenvalue weighted by Crippen LogP contribution is -2.38. The summed E-state index contributed by atoms with van der Waals surface area (Å²) in [5, 5.41) is 7.17. The number of nitrogens with one attached hydrogen (secondary N) is 1. The molecule has 1 aromatic carbocycles. The molecule has 3 heterocycles. The minimum atomic E-state index is -0.143. The highest BCUT2D eigenvalue weighted by molar-refractivity contribution is 7.16. The van der Waals surface area contributed by atoms with E-state index in [1.165, 1.54) is 22.7 Å². The zero-order chi connectivity index (χ0) is 19.5. The standard InChI is InChI=1S/C21H21N3O2S2/c1-2-16(14-6-4-3-5-7-14)20(26)24-10-8-17-18(12-24)28-21(22-17)23-19(25)15-9-11-27-13-15/h3-7,9,11,13,16H,2,8,10,12H2,1H3,(H,22,23,25)/t16-/m0/s1. The Bertz CT molecular complexity index is 967. The van der Waals surface area contributed by atoms with Crippen LogP contribution >= 0.6 is 22.7 Å². The van der Waals surface area contributed by atoms with Gasteiger partial charge in [-0.15, -0.1) is 0 Å². The number of rotatable bonds is 5. The summed E-state index contributed by atoms with van der Waals surface area (Å²) < 4.78 is 0. The lowest BCUT2D eigenvalue weighted by Gasteiger charge is -2.29. The van der Waals surface area contributed by atoms with E-state index in [0.29, 0.717) is 23.8 Å². The molecule has 1 aliphatic heterocycles. The molecule has 1 aliphatic rings. The summed E-state index contributed by atoms with van der Waals surface area (Å²) in [5.41, 5.74) is 2.69. The second-order valence-corrected chi connectivity index (χ2v) is 8.60. The average Bonchev–Trinajstić information content (AvgIpc) is 3.38. The number of thiazole rings is 1. The van der Waals surface area contributed by atoms with Gasteiger partial charge in [-0.2, -0.15) is 11.3 Å². The van der Waals surface area contributed by atoms with Gasteiger partial charge in [0.15, 0.2) is 5.13 Å². The van der Waals surface area contributed by atoms with Gasteiger partial charge in [-0.05, 0) is 23.4 Å². The molecule has 1 N–H and O–H groups in total. The SMILES string of the molecule is CC[C@H](C(=O)N1CCc2nc(NC(=O)c3ccsc3)sc2C1)c1ccccc1. The van der Waals surface area contributed by atoms with Crippen molar-refractivity contribution in [3.8, 4) is 0 Å². The number of thiophene rings is 1. The molecule has 0 spiro atoms. The molecule has 0 saturated carbocycles. The van der Waals surface area contributed by atoms with E-state index in [1.807, 2.05) is 46.0 Å². The van der Waals surface area contributed by atoms with Crippen molar-refractivity contribution in [2.75, 3.05) is 11.9 Å². The van der Waals surface area contributed by atoms with Gasteiger partial charge in [0.05, 0.1) is 23.7 Å². The third-order valence-electron chi connectivity index (χ3n) is 4.96.